The molecule has 30 heavy (non-hydrogen) atoms. The van der Waals surface area contributed by atoms with E-state index in [1.54, 1.807) is 6.20 Å². The van der Waals surface area contributed by atoms with E-state index in [-0.39, 0.29) is 5.91 Å². The Morgan fingerprint density at radius 1 is 1.17 bits per heavy atom. The molecule has 3 aromatic rings. The van der Waals surface area contributed by atoms with Crippen LogP contribution in [0.25, 0.3) is 11.5 Å². The highest BCUT2D eigenvalue weighted by atomic mass is 16.1. The van der Waals surface area contributed by atoms with Crippen LogP contribution in [0.5, 0.6) is 0 Å². The van der Waals surface area contributed by atoms with E-state index in [4.69, 9.17) is 0 Å². The SMILES string of the molecule is Cc1ccc(-n2ncc(C(=O)NCCCN3CCCC[C@@H]3C)c2-n2cccc2)cc1. The van der Waals surface area contributed by atoms with Gasteiger partial charge in [0.25, 0.3) is 5.91 Å². The average Bonchev–Trinajstić information content (AvgIpc) is 3.42. The first-order valence-corrected chi connectivity index (χ1v) is 10.9. The van der Waals surface area contributed by atoms with Gasteiger partial charge < -0.3 is 14.8 Å². The lowest BCUT2D eigenvalue weighted by molar-refractivity contribution is 0.0949. The highest BCUT2D eigenvalue weighted by Gasteiger charge is 2.20. The molecule has 0 saturated carbocycles. The molecule has 0 aliphatic carbocycles. The van der Waals surface area contributed by atoms with Crippen LogP contribution in [0, 0.1) is 6.92 Å². The van der Waals surface area contributed by atoms with Crippen LogP contribution in [-0.4, -0.2) is 50.8 Å². The molecule has 1 amide bonds. The molecule has 2 aromatic heterocycles. The number of rotatable bonds is 7. The quantitative estimate of drug-likeness (QED) is 0.605. The van der Waals surface area contributed by atoms with Gasteiger partial charge in [0.1, 0.15) is 5.56 Å². The zero-order valence-corrected chi connectivity index (χ0v) is 17.9. The van der Waals surface area contributed by atoms with Gasteiger partial charge in [-0.3, -0.25) is 4.79 Å². The third-order valence-corrected chi connectivity index (χ3v) is 5.96. The summed E-state index contributed by atoms with van der Waals surface area (Å²) in [6, 6.07) is 12.7. The molecule has 1 saturated heterocycles. The number of aryl methyl sites for hydroxylation is 1. The Balaban J connectivity index is 1.46. The molecule has 4 rings (SSSR count). The lowest BCUT2D eigenvalue weighted by Crippen LogP contribution is -2.39. The van der Waals surface area contributed by atoms with Gasteiger partial charge in [-0.05, 0) is 63.9 Å². The molecule has 0 unspecified atom stereocenters. The van der Waals surface area contributed by atoms with E-state index in [9.17, 15) is 4.79 Å². The van der Waals surface area contributed by atoms with Crippen molar-refractivity contribution in [3.8, 4) is 11.5 Å². The fraction of sp³-hybridized carbons (Fsp3) is 0.417. The molecule has 158 valence electrons. The van der Waals surface area contributed by atoms with Gasteiger partial charge in [-0.2, -0.15) is 5.10 Å². The lowest BCUT2D eigenvalue weighted by atomic mass is 10.0. The Kier molecular flexibility index (Phi) is 6.33. The van der Waals surface area contributed by atoms with Crippen molar-refractivity contribution in [3.63, 3.8) is 0 Å². The van der Waals surface area contributed by atoms with Crippen molar-refractivity contribution in [1.29, 1.82) is 0 Å². The van der Waals surface area contributed by atoms with Crippen LogP contribution >= 0.6 is 0 Å². The van der Waals surface area contributed by atoms with Crippen LogP contribution in [0.2, 0.25) is 0 Å². The molecule has 0 bridgehead atoms. The molecule has 0 radical (unpaired) electrons. The van der Waals surface area contributed by atoms with E-state index in [1.165, 1.54) is 31.4 Å². The van der Waals surface area contributed by atoms with Gasteiger partial charge in [-0.1, -0.05) is 24.1 Å². The Bertz CT molecular complexity index is 958. The van der Waals surface area contributed by atoms with Crippen LogP contribution in [0.1, 0.15) is 48.5 Å². The fourth-order valence-electron chi connectivity index (χ4n) is 4.17. The second-order valence-corrected chi connectivity index (χ2v) is 8.21. The molecule has 3 heterocycles. The largest absolute Gasteiger partial charge is 0.352 e. The number of piperidine rings is 1. The minimum absolute atomic E-state index is 0.0799. The van der Waals surface area contributed by atoms with Crippen LogP contribution in [0.3, 0.4) is 0 Å². The summed E-state index contributed by atoms with van der Waals surface area (Å²) in [5, 5.41) is 7.63. The number of hydrogen-bond acceptors (Lipinski definition) is 3. The minimum atomic E-state index is -0.0799. The second-order valence-electron chi connectivity index (χ2n) is 8.21. The van der Waals surface area contributed by atoms with E-state index in [2.05, 4.69) is 41.3 Å². The van der Waals surface area contributed by atoms with Crippen LogP contribution in [-0.2, 0) is 0 Å². The zero-order chi connectivity index (χ0) is 20.9. The molecule has 1 aliphatic heterocycles. The normalized spacial score (nSPS) is 17.2. The van der Waals surface area contributed by atoms with Crippen molar-refractivity contribution in [2.45, 2.75) is 45.6 Å². The molecular weight excluding hydrogens is 374 g/mol. The second kappa shape index (κ2) is 9.30. The number of carbonyl (C=O) groups excluding carboxylic acids is 1. The summed E-state index contributed by atoms with van der Waals surface area (Å²) in [6.45, 7) is 7.25. The highest BCUT2D eigenvalue weighted by molar-refractivity contribution is 5.97. The van der Waals surface area contributed by atoms with Gasteiger partial charge in [0.05, 0.1) is 11.9 Å². The smallest absolute Gasteiger partial charge is 0.256 e. The molecule has 1 aliphatic rings. The monoisotopic (exact) mass is 405 g/mol. The number of likely N-dealkylation sites (tertiary alicyclic amines) is 1. The number of nitrogens with zero attached hydrogens (tertiary/aromatic N) is 4. The van der Waals surface area contributed by atoms with Gasteiger partial charge in [0, 0.05) is 31.5 Å². The van der Waals surface area contributed by atoms with Crippen molar-refractivity contribution in [2.24, 2.45) is 0 Å². The third kappa shape index (κ3) is 4.49. The number of carbonyl (C=O) groups is 1. The molecule has 1 aromatic carbocycles. The van der Waals surface area contributed by atoms with Crippen molar-refractivity contribution in [2.75, 3.05) is 19.6 Å². The predicted molar refractivity (Wildman–Crippen MR) is 119 cm³/mol. The standard InChI is InChI=1S/C24H31N5O/c1-19-9-11-21(12-10-19)29-24(28-15-5-6-16-28)22(18-26-29)23(30)25-13-7-17-27-14-4-3-8-20(27)2/h5-6,9-12,15-16,18,20H,3-4,7-8,13-14,17H2,1-2H3,(H,25,30)/t20-/m0/s1. The molecule has 1 fully saturated rings. The van der Waals surface area contributed by atoms with Gasteiger partial charge in [0.15, 0.2) is 5.82 Å². The van der Waals surface area contributed by atoms with Crippen molar-refractivity contribution >= 4 is 5.91 Å². The Morgan fingerprint density at radius 3 is 2.67 bits per heavy atom. The van der Waals surface area contributed by atoms with Gasteiger partial charge >= 0.3 is 0 Å². The molecule has 0 spiro atoms. The van der Waals surface area contributed by atoms with Crippen LogP contribution in [0.15, 0.2) is 55.0 Å². The highest BCUT2D eigenvalue weighted by Crippen LogP contribution is 2.20. The van der Waals surface area contributed by atoms with Crippen LogP contribution in [0.4, 0.5) is 0 Å². The summed E-state index contributed by atoms with van der Waals surface area (Å²) < 4.78 is 3.76. The molecule has 1 atom stereocenters. The van der Waals surface area contributed by atoms with E-state index in [1.807, 2.05) is 45.9 Å². The van der Waals surface area contributed by atoms with Crippen molar-refractivity contribution in [3.05, 3.63) is 66.1 Å². The van der Waals surface area contributed by atoms with E-state index in [0.717, 1.165) is 24.5 Å². The Labute approximate surface area is 178 Å². The topological polar surface area (TPSA) is 55.1 Å². The summed E-state index contributed by atoms with van der Waals surface area (Å²) in [6.07, 6.45) is 10.4. The van der Waals surface area contributed by atoms with E-state index in [0.29, 0.717) is 18.2 Å². The average molecular weight is 406 g/mol. The zero-order valence-electron chi connectivity index (χ0n) is 17.9. The van der Waals surface area contributed by atoms with Gasteiger partial charge in [-0.15, -0.1) is 0 Å². The Hall–Kier alpha value is -2.86. The molecule has 6 nitrogen and oxygen atoms in total. The first kappa shape index (κ1) is 20.4. The number of aromatic nitrogens is 3. The third-order valence-electron chi connectivity index (χ3n) is 5.96. The van der Waals surface area contributed by atoms with E-state index >= 15 is 0 Å². The van der Waals surface area contributed by atoms with Gasteiger partial charge in [0.2, 0.25) is 0 Å². The number of amides is 1. The first-order valence-electron chi connectivity index (χ1n) is 10.9. The number of hydrogen-bond donors (Lipinski definition) is 1. The Morgan fingerprint density at radius 2 is 1.93 bits per heavy atom. The summed E-state index contributed by atoms with van der Waals surface area (Å²) in [5.41, 5.74) is 2.70. The van der Waals surface area contributed by atoms with Crippen molar-refractivity contribution < 1.29 is 4.79 Å². The number of benzene rings is 1. The van der Waals surface area contributed by atoms with Gasteiger partial charge in [-0.25, -0.2) is 4.68 Å². The molecular formula is C24H31N5O. The van der Waals surface area contributed by atoms with Crippen molar-refractivity contribution in [1.82, 2.24) is 24.6 Å². The maximum absolute atomic E-state index is 13.0. The fourth-order valence-corrected chi connectivity index (χ4v) is 4.17. The number of nitrogens with one attached hydrogen (secondary N) is 1. The predicted octanol–water partition coefficient (Wildman–Crippen LogP) is 3.97. The lowest BCUT2D eigenvalue weighted by Gasteiger charge is -2.33. The maximum atomic E-state index is 13.0. The van der Waals surface area contributed by atoms with Crippen LogP contribution < -0.4 is 5.32 Å². The summed E-state index contributed by atoms with van der Waals surface area (Å²) in [4.78, 5) is 15.5. The summed E-state index contributed by atoms with van der Waals surface area (Å²) in [7, 11) is 0. The molecule has 6 heteroatoms. The summed E-state index contributed by atoms with van der Waals surface area (Å²) in [5.74, 6) is 0.676. The first-order chi connectivity index (χ1) is 14.6. The minimum Gasteiger partial charge on any atom is -0.352 e. The maximum Gasteiger partial charge on any atom is 0.256 e. The molecule has 1 N–H and O–H groups in total. The summed E-state index contributed by atoms with van der Waals surface area (Å²) >= 11 is 0. The van der Waals surface area contributed by atoms with E-state index < -0.39 is 0 Å².